The summed E-state index contributed by atoms with van der Waals surface area (Å²) >= 11 is 0. The zero-order chi connectivity index (χ0) is 13.4. The minimum Gasteiger partial charge on any atom is -0.395 e. The lowest BCUT2D eigenvalue weighted by atomic mass is 10.3. The van der Waals surface area contributed by atoms with Crippen molar-refractivity contribution in [1.82, 2.24) is 4.90 Å². The quantitative estimate of drug-likeness (QED) is 0.644. The molecule has 0 fully saturated rings. The van der Waals surface area contributed by atoms with Crippen molar-refractivity contribution in [2.24, 2.45) is 0 Å². The van der Waals surface area contributed by atoms with Crippen LogP contribution in [0.3, 0.4) is 0 Å². The third kappa shape index (κ3) is 5.22. The number of anilines is 1. The zero-order valence-corrected chi connectivity index (χ0v) is 9.97. The van der Waals surface area contributed by atoms with Crippen molar-refractivity contribution in [3.05, 3.63) is 30.1 Å². The number of hydrogen-bond acceptors (Lipinski definition) is 4. The Labute approximate surface area is 105 Å². The molecule has 0 aromatic heterocycles. The summed E-state index contributed by atoms with van der Waals surface area (Å²) in [5.74, 6) is -0.640. The fourth-order valence-corrected chi connectivity index (χ4v) is 1.49. The van der Waals surface area contributed by atoms with Gasteiger partial charge in [-0.1, -0.05) is 0 Å². The standard InChI is InChI=1S/C12H17FN2O3/c13-10-1-3-11(4-2-10)14-12(18)9-15(5-7-16)6-8-17/h1-4,16-17H,5-9H2,(H,14,18). The second-order valence-electron chi connectivity index (χ2n) is 3.78. The van der Waals surface area contributed by atoms with E-state index in [4.69, 9.17) is 10.2 Å². The van der Waals surface area contributed by atoms with Crippen LogP contribution in [0, 0.1) is 5.82 Å². The molecule has 1 aromatic carbocycles. The van der Waals surface area contributed by atoms with E-state index < -0.39 is 0 Å². The first-order valence-electron chi connectivity index (χ1n) is 5.65. The van der Waals surface area contributed by atoms with Gasteiger partial charge in [0, 0.05) is 18.8 Å². The van der Waals surface area contributed by atoms with Crippen LogP contribution in [0.4, 0.5) is 10.1 Å². The summed E-state index contributed by atoms with van der Waals surface area (Å²) in [5.41, 5.74) is 0.509. The lowest BCUT2D eigenvalue weighted by Crippen LogP contribution is -2.37. The molecule has 6 heteroatoms. The third-order valence-electron chi connectivity index (χ3n) is 2.33. The maximum atomic E-state index is 12.7. The van der Waals surface area contributed by atoms with Crippen molar-refractivity contribution in [3.63, 3.8) is 0 Å². The van der Waals surface area contributed by atoms with E-state index in [-0.39, 0.29) is 31.5 Å². The lowest BCUT2D eigenvalue weighted by molar-refractivity contribution is -0.117. The van der Waals surface area contributed by atoms with Gasteiger partial charge in [0.25, 0.3) is 0 Å². The summed E-state index contributed by atoms with van der Waals surface area (Å²) in [6, 6.07) is 5.45. The Kier molecular flexibility index (Phi) is 6.27. The number of rotatable bonds is 7. The molecule has 1 amide bonds. The predicted octanol–water partition coefficient (Wildman–Crippen LogP) is 0.0508. The normalized spacial score (nSPS) is 10.7. The van der Waals surface area contributed by atoms with Gasteiger partial charge in [0.15, 0.2) is 0 Å². The molecule has 0 saturated carbocycles. The Morgan fingerprint density at radius 2 is 1.72 bits per heavy atom. The molecule has 0 saturated heterocycles. The summed E-state index contributed by atoms with van der Waals surface area (Å²) in [5, 5.41) is 20.2. The maximum Gasteiger partial charge on any atom is 0.238 e. The first kappa shape index (κ1) is 14.6. The second kappa shape index (κ2) is 7.75. The van der Waals surface area contributed by atoms with Gasteiger partial charge >= 0.3 is 0 Å². The van der Waals surface area contributed by atoms with Crippen molar-refractivity contribution in [2.45, 2.75) is 0 Å². The van der Waals surface area contributed by atoms with E-state index in [1.165, 1.54) is 24.3 Å². The molecule has 0 aliphatic rings. The molecule has 0 atom stereocenters. The number of hydrogen-bond donors (Lipinski definition) is 3. The second-order valence-corrected chi connectivity index (χ2v) is 3.78. The number of nitrogens with zero attached hydrogens (tertiary/aromatic N) is 1. The first-order valence-corrected chi connectivity index (χ1v) is 5.65. The summed E-state index contributed by atoms with van der Waals surface area (Å²) in [6.07, 6.45) is 0. The van der Waals surface area contributed by atoms with Crippen LogP contribution >= 0.6 is 0 Å². The molecule has 5 nitrogen and oxygen atoms in total. The van der Waals surface area contributed by atoms with Crippen LogP contribution in [0.1, 0.15) is 0 Å². The Morgan fingerprint density at radius 1 is 1.17 bits per heavy atom. The molecule has 0 bridgehead atoms. The molecule has 0 spiro atoms. The highest BCUT2D eigenvalue weighted by atomic mass is 19.1. The SMILES string of the molecule is O=C(CN(CCO)CCO)Nc1ccc(F)cc1. The molecule has 100 valence electrons. The number of benzene rings is 1. The van der Waals surface area contributed by atoms with Crippen LogP contribution < -0.4 is 5.32 Å². The number of nitrogens with one attached hydrogen (secondary N) is 1. The monoisotopic (exact) mass is 256 g/mol. The molecule has 0 heterocycles. The van der Waals surface area contributed by atoms with Crippen LogP contribution in [0.15, 0.2) is 24.3 Å². The highest BCUT2D eigenvalue weighted by Gasteiger charge is 2.09. The van der Waals surface area contributed by atoms with E-state index in [0.29, 0.717) is 18.8 Å². The Bertz CT molecular complexity index is 364. The molecule has 0 aliphatic carbocycles. The van der Waals surface area contributed by atoms with Crippen LogP contribution in [0.2, 0.25) is 0 Å². The number of amides is 1. The molecule has 1 aromatic rings. The van der Waals surface area contributed by atoms with Gasteiger partial charge < -0.3 is 15.5 Å². The van der Waals surface area contributed by atoms with Gasteiger partial charge in [0.05, 0.1) is 19.8 Å². The minimum absolute atomic E-state index is 0.0680. The molecule has 0 unspecified atom stereocenters. The number of aliphatic hydroxyl groups excluding tert-OH is 2. The first-order chi connectivity index (χ1) is 8.65. The topological polar surface area (TPSA) is 72.8 Å². The van der Waals surface area contributed by atoms with E-state index in [9.17, 15) is 9.18 Å². The maximum absolute atomic E-state index is 12.7. The van der Waals surface area contributed by atoms with E-state index in [2.05, 4.69) is 5.32 Å². The van der Waals surface area contributed by atoms with Gasteiger partial charge in [-0.15, -0.1) is 0 Å². The molecule has 0 radical (unpaired) electrons. The number of carbonyl (C=O) groups excluding carboxylic acids is 1. The van der Waals surface area contributed by atoms with Crippen molar-refractivity contribution in [2.75, 3.05) is 38.2 Å². The summed E-state index contributed by atoms with van der Waals surface area (Å²) < 4.78 is 12.7. The smallest absolute Gasteiger partial charge is 0.238 e. The van der Waals surface area contributed by atoms with Crippen molar-refractivity contribution in [1.29, 1.82) is 0 Å². The number of carbonyl (C=O) groups is 1. The van der Waals surface area contributed by atoms with Gasteiger partial charge in [-0.3, -0.25) is 9.69 Å². The third-order valence-corrected chi connectivity index (χ3v) is 2.33. The van der Waals surface area contributed by atoms with Gasteiger partial charge in [-0.05, 0) is 24.3 Å². The van der Waals surface area contributed by atoms with Gasteiger partial charge in [-0.2, -0.15) is 0 Å². The summed E-state index contributed by atoms with van der Waals surface area (Å²) in [7, 11) is 0. The van der Waals surface area contributed by atoms with Gasteiger partial charge in [0.1, 0.15) is 5.82 Å². The van der Waals surface area contributed by atoms with E-state index in [0.717, 1.165) is 0 Å². The van der Waals surface area contributed by atoms with Gasteiger partial charge in [-0.25, -0.2) is 4.39 Å². The van der Waals surface area contributed by atoms with E-state index in [1.807, 2.05) is 0 Å². The van der Waals surface area contributed by atoms with Crippen LogP contribution in [0.25, 0.3) is 0 Å². The Hall–Kier alpha value is -1.50. The van der Waals surface area contributed by atoms with Crippen molar-refractivity contribution >= 4 is 11.6 Å². The van der Waals surface area contributed by atoms with Crippen LogP contribution in [-0.2, 0) is 4.79 Å². The fourth-order valence-electron chi connectivity index (χ4n) is 1.49. The highest BCUT2D eigenvalue weighted by Crippen LogP contribution is 2.08. The molecule has 0 aliphatic heterocycles. The summed E-state index contributed by atoms with van der Waals surface area (Å²) in [4.78, 5) is 13.3. The Balaban J connectivity index is 2.46. The number of halogens is 1. The molecule has 1 rings (SSSR count). The van der Waals surface area contributed by atoms with Crippen LogP contribution in [0.5, 0.6) is 0 Å². The average molecular weight is 256 g/mol. The van der Waals surface area contributed by atoms with Crippen LogP contribution in [-0.4, -0.2) is 53.9 Å². The molecular formula is C12H17FN2O3. The lowest BCUT2D eigenvalue weighted by Gasteiger charge is -2.19. The molecule has 18 heavy (non-hydrogen) atoms. The zero-order valence-electron chi connectivity index (χ0n) is 9.97. The average Bonchev–Trinajstić information content (AvgIpc) is 2.33. The predicted molar refractivity (Wildman–Crippen MR) is 65.6 cm³/mol. The van der Waals surface area contributed by atoms with Crippen molar-refractivity contribution in [3.8, 4) is 0 Å². The largest absolute Gasteiger partial charge is 0.395 e. The van der Waals surface area contributed by atoms with Gasteiger partial charge in [0.2, 0.25) is 5.91 Å². The van der Waals surface area contributed by atoms with E-state index >= 15 is 0 Å². The molecule has 3 N–H and O–H groups in total. The molecular weight excluding hydrogens is 239 g/mol. The van der Waals surface area contributed by atoms with Crippen molar-refractivity contribution < 1.29 is 19.4 Å². The number of aliphatic hydroxyl groups is 2. The Morgan fingerprint density at radius 3 is 2.22 bits per heavy atom. The van der Waals surface area contributed by atoms with E-state index in [1.54, 1.807) is 4.90 Å². The minimum atomic E-state index is -0.366. The fraction of sp³-hybridized carbons (Fsp3) is 0.417. The summed E-state index contributed by atoms with van der Waals surface area (Å²) in [6.45, 7) is 0.543. The highest BCUT2D eigenvalue weighted by molar-refractivity contribution is 5.92.